The summed E-state index contributed by atoms with van der Waals surface area (Å²) in [6.07, 6.45) is 0. The van der Waals surface area contributed by atoms with Crippen molar-refractivity contribution in [2.45, 2.75) is 202 Å². The Morgan fingerprint density at radius 2 is 0.500 bits per heavy atom. The van der Waals surface area contributed by atoms with Gasteiger partial charge in [0.15, 0.2) is 16.5 Å². The number of benzene rings is 2. The lowest BCUT2D eigenvalue weighted by Gasteiger charge is -2.21. The molecule has 0 amide bonds. The second-order valence-electron chi connectivity index (χ2n) is 17.0. The molecule has 0 aliphatic rings. The number of nitrogens with one attached hydrogen (secondary N) is 7. The van der Waals surface area contributed by atoms with E-state index >= 15 is 0 Å². The molecule has 0 aromatic heterocycles. The van der Waals surface area contributed by atoms with Crippen molar-refractivity contribution in [1.82, 2.24) is 34.9 Å². The van der Waals surface area contributed by atoms with Crippen molar-refractivity contribution >= 4 is 68.7 Å². The minimum Gasteiger partial charge on any atom is -0.343 e. The molecule has 0 heterocycles. The minimum absolute atomic E-state index is 0. The molecule has 2 aromatic rings. The molecule has 0 saturated carbocycles. The summed E-state index contributed by atoms with van der Waals surface area (Å²) in [5.74, 6) is 0. The molecular formula is C54H149N7Si7. The molecule has 2 rings (SSSR count). The predicted octanol–water partition coefficient (Wildman–Crippen LogP) is 16.2. The Morgan fingerprint density at radius 1 is 0.338 bits per heavy atom. The summed E-state index contributed by atoms with van der Waals surface area (Å²) in [5, 5.41) is 2.92. The Balaban J connectivity index is -0.0000000238. The average molecular weight is 1090 g/mol. The van der Waals surface area contributed by atoms with Gasteiger partial charge in [-0.05, 0) is 59.7 Å². The zero-order valence-corrected chi connectivity index (χ0v) is 46.9. The monoisotopic (exact) mass is 1090 g/mol. The first-order valence-electron chi connectivity index (χ1n) is 19.4. The van der Waals surface area contributed by atoms with Crippen molar-refractivity contribution in [3.05, 3.63) is 97.5 Å². The summed E-state index contributed by atoms with van der Waals surface area (Å²) in [6.45, 7) is 44.9. The van der Waals surface area contributed by atoms with E-state index in [4.69, 9.17) is 0 Å². The molecule has 0 unspecified atom stereocenters. The third-order valence-corrected chi connectivity index (χ3v) is 24.7. The van der Waals surface area contributed by atoms with Crippen LogP contribution < -0.4 is 45.2 Å². The largest absolute Gasteiger partial charge is 0.343 e. The van der Waals surface area contributed by atoms with Crippen LogP contribution in [0.25, 0.3) is 0 Å². The van der Waals surface area contributed by atoms with E-state index in [2.05, 4.69) is 213 Å². The highest BCUT2D eigenvalue weighted by atomic mass is 28.3. The maximum absolute atomic E-state index is 3.70. The van der Waals surface area contributed by atoms with E-state index in [0.717, 1.165) is 0 Å². The topological polar surface area (TPSA) is 84.2 Å². The highest BCUT2D eigenvalue weighted by Gasteiger charge is 2.20. The van der Waals surface area contributed by atoms with Gasteiger partial charge in [0.1, 0.15) is 41.9 Å². The third kappa shape index (κ3) is 84.8. The first-order chi connectivity index (χ1) is 24.5. The molecule has 2 aromatic carbocycles. The van der Waals surface area contributed by atoms with Crippen LogP contribution >= 0.6 is 0 Å². The number of hydrogen-bond donors (Lipinski definition) is 7. The summed E-state index contributed by atoms with van der Waals surface area (Å²) in [4.78, 5) is 22.8. The van der Waals surface area contributed by atoms with Gasteiger partial charge < -0.3 is 34.9 Å². The maximum Gasteiger partial charge on any atom is 0.151 e. The zero-order valence-electron chi connectivity index (χ0n) is 39.7. The second-order valence-corrected chi connectivity index (χ2v) is 46.5. The van der Waals surface area contributed by atoms with Crippen molar-refractivity contribution in [1.29, 1.82) is 0 Å². The van der Waals surface area contributed by atoms with E-state index < -0.39 is 58.4 Å². The fourth-order valence-corrected chi connectivity index (χ4v) is 5.55. The first kappa shape index (κ1) is 127. The Kier molecular flexibility index (Phi) is 127. The van der Waals surface area contributed by atoms with Gasteiger partial charge in [0, 0.05) is 0 Å². The molecule has 0 radical (unpaired) electrons. The molecular weight excluding hydrogens is 943 g/mol. The lowest BCUT2D eigenvalue weighted by Crippen LogP contribution is -2.53. The smallest absolute Gasteiger partial charge is 0.151 e. The van der Waals surface area contributed by atoms with Crippen LogP contribution in [0.2, 0.25) is 98.2 Å². The van der Waals surface area contributed by atoms with Crippen LogP contribution in [0.3, 0.4) is 0 Å². The lowest BCUT2D eigenvalue weighted by molar-refractivity contribution is 1.16. The van der Waals surface area contributed by atoms with Crippen molar-refractivity contribution in [3.63, 3.8) is 0 Å². The SMILES string of the molecule is C.C.C.C.C.C.C.C.C.C.C.C.C.C.C=C[Si](C)(C)NC.C=C[Si](C)(C)NC.C=C[Si](C)(C)NC.CN[SiH](C)C.CN[Si](C)(C)C.CN[Si](C)(C)c1ccccc1.CN[Si](C)(C)c1ccccc1. The Hall–Kier alpha value is -1.10. The van der Waals surface area contributed by atoms with E-state index in [-0.39, 0.29) is 104 Å². The van der Waals surface area contributed by atoms with Crippen molar-refractivity contribution in [2.75, 3.05) is 49.3 Å². The molecule has 0 bridgehead atoms. The van der Waals surface area contributed by atoms with Gasteiger partial charge in [0.05, 0.1) is 0 Å². The normalized spacial score (nSPS) is 8.99. The fraction of sp³-hybridized carbons (Fsp3) is 0.667. The van der Waals surface area contributed by atoms with Crippen LogP contribution in [0.5, 0.6) is 0 Å². The van der Waals surface area contributed by atoms with Gasteiger partial charge in [-0.3, -0.25) is 0 Å². The van der Waals surface area contributed by atoms with Crippen molar-refractivity contribution in [2.24, 2.45) is 0 Å². The van der Waals surface area contributed by atoms with Gasteiger partial charge in [0.2, 0.25) is 0 Å². The Labute approximate surface area is 450 Å². The van der Waals surface area contributed by atoms with Crippen LogP contribution in [0.4, 0.5) is 0 Å². The van der Waals surface area contributed by atoms with Gasteiger partial charge in [-0.15, -0.1) is 19.7 Å². The summed E-state index contributed by atoms with van der Waals surface area (Å²) < 4.78 is 0. The standard InChI is InChI=1S/2C9H15NSi.3C5H13NSi.C4H13NSi.C3H11NSi.14CH4/c2*1-10-11(2,3)9-7-5-4-6-8-9;3*1-5-7(3,4)6-2;1-5-6(2,3)4;1-4-5(2)3;;;;;;;;;;;;;;/h2*4-8,10H,1-3H3;3*5-6H,1H2,2-4H3;5H,1-4H3;4-5H,1-3H3;14*1H4. The Morgan fingerprint density at radius 3 is 0.574 bits per heavy atom. The van der Waals surface area contributed by atoms with E-state index in [1.54, 1.807) is 0 Å². The molecule has 68 heavy (non-hydrogen) atoms. The Bertz CT molecular complexity index is 1080. The molecule has 14 heteroatoms. The van der Waals surface area contributed by atoms with Crippen molar-refractivity contribution < 1.29 is 0 Å². The molecule has 428 valence electrons. The van der Waals surface area contributed by atoms with Gasteiger partial charge in [-0.25, -0.2) is 0 Å². The average Bonchev–Trinajstić information content (AvgIpc) is 3.16. The van der Waals surface area contributed by atoms with Crippen LogP contribution in [0, 0.1) is 0 Å². The highest BCUT2D eigenvalue weighted by Crippen LogP contribution is 1.98. The van der Waals surface area contributed by atoms with Gasteiger partial charge in [-0.2, -0.15) is 0 Å². The minimum atomic E-state index is -1.30. The molecule has 0 atom stereocenters. The quantitative estimate of drug-likeness (QED) is 0.107. The van der Waals surface area contributed by atoms with Crippen LogP contribution in [-0.2, 0) is 0 Å². The second kappa shape index (κ2) is 68.0. The molecule has 0 saturated heterocycles. The number of rotatable bonds is 12. The molecule has 0 spiro atoms. The van der Waals surface area contributed by atoms with Gasteiger partial charge in [0.25, 0.3) is 0 Å². The molecule has 0 fully saturated rings. The first-order valence-corrected chi connectivity index (χ1v) is 41.0. The highest BCUT2D eigenvalue weighted by molar-refractivity contribution is 6.88. The van der Waals surface area contributed by atoms with E-state index in [1.807, 2.05) is 66.4 Å². The summed E-state index contributed by atoms with van der Waals surface area (Å²) in [7, 11) is 6.75. The van der Waals surface area contributed by atoms with E-state index in [0.29, 0.717) is 0 Å². The van der Waals surface area contributed by atoms with Crippen molar-refractivity contribution in [3.8, 4) is 0 Å². The van der Waals surface area contributed by atoms with Crippen LogP contribution in [0.15, 0.2) is 97.5 Å². The molecule has 0 aliphatic heterocycles. The molecule has 7 nitrogen and oxygen atoms in total. The van der Waals surface area contributed by atoms with Crippen LogP contribution in [0.1, 0.15) is 104 Å². The third-order valence-electron chi connectivity index (χ3n) is 9.03. The molecule has 0 aliphatic carbocycles. The molecule has 7 N–H and O–H groups in total. The summed E-state index contributed by atoms with van der Waals surface area (Å²) >= 11 is 0. The lowest BCUT2D eigenvalue weighted by atomic mass is 10.4. The fourth-order valence-electron chi connectivity index (χ4n) is 2.30. The van der Waals surface area contributed by atoms with Gasteiger partial charge in [-0.1, -0.05) is 280 Å². The summed E-state index contributed by atoms with van der Waals surface area (Å²) in [5.41, 5.74) is 6.06. The van der Waals surface area contributed by atoms with Gasteiger partial charge >= 0.3 is 0 Å². The summed E-state index contributed by atoms with van der Waals surface area (Å²) in [6, 6.07) is 21.3. The maximum atomic E-state index is 3.70. The number of hydrogen-bond acceptors (Lipinski definition) is 7. The van der Waals surface area contributed by atoms with Crippen LogP contribution in [-0.4, -0.2) is 108 Å². The van der Waals surface area contributed by atoms with E-state index in [1.165, 1.54) is 10.4 Å². The predicted molar refractivity (Wildman–Crippen MR) is 370 cm³/mol. The van der Waals surface area contributed by atoms with E-state index in [9.17, 15) is 0 Å². The zero-order chi connectivity index (χ0) is 43.9.